The van der Waals surface area contributed by atoms with E-state index in [2.05, 4.69) is 6.58 Å². The lowest BCUT2D eigenvalue weighted by atomic mass is 9.99. The summed E-state index contributed by atoms with van der Waals surface area (Å²) in [5.41, 5.74) is 1.87. The van der Waals surface area contributed by atoms with Crippen LogP contribution in [0.4, 0.5) is 0 Å². The molecule has 3 rings (SSSR count). The molecule has 2 aromatic rings. The summed E-state index contributed by atoms with van der Waals surface area (Å²) < 4.78 is 40.2. The van der Waals surface area contributed by atoms with Crippen molar-refractivity contribution in [1.82, 2.24) is 4.31 Å². The van der Waals surface area contributed by atoms with E-state index < -0.39 is 15.3 Å². The molecule has 0 aliphatic heterocycles. The van der Waals surface area contributed by atoms with E-state index in [4.69, 9.17) is 9.47 Å². The van der Waals surface area contributed by atoms with Crippen LogP contribution in [0.1, 0.15) is 43.7 Å². The smallest absolute Gasteiger partial charge is 0.217 e. The molecule has 0 saturated heterocycles. The highest BCUT2D eigenvalue weighted by atomic mass is 32.2. The molecule has 1 saturated carbocycles. The van der Waals surface area contributed by atoms with Gasteiger partial charge in [0.1, 0.15) is 11.5 Å². The predicted molar refractivity (Wildman–Crippen MR) is 129 cm³/mol. The molecular weight excluding hydrogens is 422 g/mol. The topological polar surface area (TPSA) is 55.8 Å². The highest BCUT2D eigenvalue weighted by Gasteiger charge is 2.39. The van der Waals surface area contributed by atoms with Gasteiger partial charge in [-0.2, -0.15) is 4.31 Å². The van der Waals surface area contributed by atoms with Crippen molar-refractivity contribution >= 4 is 10.0 Å². The first-order chi connectivity index (χ1) is 15.4. The highest BCUT2D eigenvalue weighted by molar-refractivity contribution is 7.89. The van der Waals surface area contributed by atoms with Crippen molar-refractivity contribution < 1.29 is 17.9 Å². The van der Waals surface area contributed by atoms with Crippen LogP contribution in [0.15, 0.2) is 61.2 Å². The number of allylic oxidation sites excluding steroid dienone is 1. The molecule has 0 N–H and O–H groups in total. The number of rotatable bonds is 13. The second-order valence-corrected chi connectivity index (χ2v) is 10.9. The van der Waals surface area contributed by atoms with Gasteiger partial charge in [0.25, 0.3) is 0 Å². The van der Waals surface area contributed by atoms with Gasteiger partial charge < -0.3 is 9.47 Å². The van der Waals surface area contributed by atoms with Gasteiger partial charge in [0.2, 0.25) is 10.0 Å². The average molecular weight is 458 g/mol. The van der Waals surface area contributed by atoms with Crippen LogP contribution < -0.4 is 9.47 Å². The lowest BCUT2D eigenvalue weighted by molar-refractivity contribution is 0.370. The molecule has 174 valence electrons. The molecule has 0 unspecified atom stereocenters. The SMILES string of the molecule is C=CC[C@@H](C)[C@H](CC1CC1)S(=O)(=O)N(Cc1ccc(OC)cc1)Cc1ccc(OC)cc1. The van der Waals surface area contributed by atoms with Crippen LogP contribution in [0.3, 0.4) is 0 Å². The third kappa shape index (κ3) is 6.36. The normalized spacial score (nSPS) is 15.9. The van der Waals surface area contributed by atoms with Crippen molar-refractivity contribution in [2.75, 3.05) is 14.2 Å². The van der Waals surface area contributed by atoms with Crippen molar-refractivity contribution in [2.45, 2.75) is 50.9 Å². The Labute approximate surface area is 193 Å². The lowest BCUT2D eigenvalue weighted by Gasteiger charge is -2.31. The fraction of sp³-hybridized carbons (Fsp3) is 0.462. The summed E-state index contributed by atoms with van der Waals surface area (Å²) >= 11 is 0. The number of benzene rings is 2. The van der Waals surface area contributed by atoms with Crippen LogP contribution in [0.5, 0.6) is 11.5 Å². The number of hydrogen-bond acceptors (Lipinski definition) is 4. The number of hydrogen-bond donors (Lipinski definition) is 0. The molecule has 0 bridgehead atoms. The zero-order valence-corrected chi connectivity index (χ0v) is 20.2. The average Bonchev–Trinajstić information content (AvgIpc) is 3.62. The van der Waals surface area contributed by atoms with E-state index >= 15 is 0 Å². The van der Waals surface area contributed by atoms with Crippen LogP contribution in [0, 0.1) is 11.8 Å². The molecule has 0 amide bonds. The molecule has 1 aliphatic carbocycles. The van der Waals surface area contributed by atoms with E-state index in [9.17, 15) is 8.42 Å². The van der Waals surface area contributed by atoms with E-state index in [1.807, 2.05) is 61.5 Å². The van der Waals surface area contributed by atoms with Gasteiger partial charge in [0.15, 0.2) is 0 Å². The summed E-state index contributed by atoms with van der Waals surface area (Å²) in [6.45, 7) is 6.51. The molecule has 0 heterocycles. The van der Waals surface area contributed by atoms with E-state index in [-0.39, 0.29) is 5.92 Å². The molecule has 0 spiro atoms. The maximum absolute atomic E-state index is 14.0. The first-order valence-electron chi connectivity index (χ1n) is 11.2. The number of sulfonamides is 1. The van der Waals surface area contributed by atoms with Gasteiger partial charge in [-0.3, -0.25) is 0 Å². The van der Waals surface area contributed by atoms with Crippen molar-refractivity contribution in [2.24, 2.45) is 11.8 Å². The number of nitrogens with zero attached hydrogens (tertiary/aromatic N) is 1. The van der Waals surface area contributed by atoms with Crippen molar-refractivity contribution in [1.29, 1.82) is 0 Å². The third-order valence-electron chi connectivity index (χ3n) is 6.21. The Kier molecular flexibility index (Phi) is 8.38. The van der Waals surface area contributed by atoms with E-state index in [1.165, 1.54) is 0 Å². The van der Waals surface area contributed by atoms with Crippen LogP contribution in [0.25, 0.3) is 0 Å². The van der Waals surface area contributed by atoms with Gasteiger partial charge >= 0.3 is 0 Å². The number of methoxy groups -OCH3 is 2. The fourth-order valence-electron chi connectivity index (χ4n) is 4.04. The summed E-state index contributed by atoms with van der Waals surface area (Å²) in [6.07, 6.45) is 5.50. The molecule has 0 radical (unpaired) electrons. The minimum atomic E-state index is -3.54. The van der Waals surface area contributed by atoms with E-state index in [0.29, 0.717) is 25.4 Å². The molecule has 1 fully saturated rings. The summed E-state index contributed by atoms with van der Waals surface area (Å²) in [7, 11) is -0.297. The Morgan fingerprint density at radius 3 is 1.81 bits per heavy atom. The maximum atomic E-state index is 14.0. The molecule has 32 heavy (non-hydrogen) atoms. The van der Waals surface area contributed by atoms with Crippen LogP contribution in [0.2, 0.25) is 0 Å². The second kappa shape index (κ2) is 11.0. The Hall–Kier alpha value is -2.31. The molecule has 2 atom stereocenters. The Morgan fingerprint density at radius 2 is 1.44 bits per heavy atom. The van der Waals surface area contributed by atoms with Gasteiger partial charge in [-0.25, -0.2) is 8.42 Å². The fourth-order valence-corrected chi connectivity index (χ4v) is 6.30. The highest BCUT2D eigenvalue weighted by Crippen LogP contribution is 2.39. The lowest BCUT2D eigenvalue weighted by Crippen LogP contribution is -2.41. The Balaban J connectivity index is 1.92. The third-order valence-corrected chi connectivity index (χ3v) is 8.61. The summed E-state index contributed by atoms with van der Waals surface area (Å²) in [6, 6.07) is 15.2. The minimum Gasteiger partial charge on any atom is -0.497 e. The summed E-state index contributed by atoms with van der Waals surface area (Å²) in [4.78, 5) is 0. The van der Waals surface area contributed by atoms with Gasteiger partial charge in [-0.15, -0.1) is 6.58 Å². The largest absolute Gasteiger partial charge is 0.497 e. The molecule has 1 aliphatic rings. The Bertz CT molecular complexity index is 916. The molecule has 0 aromatic heterocycles. The van der Waals surface area contributed by atoms with Crippen molar-refractivity contribution in [3.63, 3.8) is 0 Å². The predicted octanol–water partition coefficient (Wildman–Crippen LogP) is 5.42. The second-order valence-electron chi connectivity index (χ2n) is 8.73. The van der Waals surface area contributed by atoms with Gasteiger partial charge in [0, 0.05) is 13.1 Å². The van der Waals surface area contributed by atoms with E-state index in [0.717, 1.165) is 41.9 Å². The van der Waals surface area contributed by atoms with Gasteiger partial charge in [-0.05, 0) is 60.1 Å². The monoisotopic (exact) mass is 457 g/mol. The zero-order valence-electron chi connectivity index (χ0n) is 19.4. The van der Waals surface area contributed by atoms with Crippen LogP contribution in [-0.4, -0.2) is 32.2 Å². The van der Waals surface area contributed by atoms with Crippen LogP contribution >= 0.6 is 0 Å². The van der Waals surface area contributed by atoms with Crippen molar-refractivity contribution in [3.8, 4) is 11.5 Å². The standard InChI is InChI=1S/C26H35NO4S/c1-5-6-20(2)26(17-21-7-8-21)32(28,29)27(18-22-9-13-24(30-3)14-10-22)19-23-11-15-25(31-4)16-12-23/h5,9-16,20-21,26H,1,6-8,17-19H2,2-4H3/t20-,26+/m1/s1. The number of ether oxygens (including phenoxy) is 2. The maximum Gasteiger partial charge on any atom is 0.217 e. The first kappa shape index (κ1) is 24.3. The quantitative estimate of drug-likeness (QED) is 0.377. The molecule has 2 aromatic carbocycles. The molecule has 5 nitrogen and oxygen atoms in total. The summed E-state index contributed by atoms with van der Waals surface area (Å²) in [5, 5.41) is -0.413. The van der Waals surface area contributed by atoms with Gasteiger partial charge in [0.05, 0.1) is 19.5 Å². The minimum absolute atomic E-state index is 0.0207. The zero-order chi connectivity index (χ0) is 23.1. The van der Waals surface area contributed by atoms with Crippen LogP contribution in [-0.2, 0) is 23.1 Å². The summed E-state index contributed by atoms with van der Waals surface area (Å²) in [5.74, 6) is 2.05. The van der Waals surface area contributed by atoms with Gasteiger partial charge in [-0.1, -0.05) is 50.1 Å². The van der Waals surface area contributed by atoms with Crippen molar-refractivity contribution in [3.05, 3.63) is 72.3 Å². The molecular formula is C26H35NO4S. The Morgan fingerprint density at radius 1 is 0.969 bits per heavy atom. The van der Waals surface area contributed by atoms with E-state index in [1.54, 1.807) is 18.5 Å². The molecule has 6 heteroatoms. The first-order valence-corrected chi connectivity index (χ1v) is 12.7.